The molecule has 128 valence electrons. The molecule has 8 heteroatoms. The Morgan fingerprint density at radius 3 is 1.70 bits per heavy atom. The normalized spacial score (nSPS) is 12.0. The molecule has 8 nitrogen and oxygen atoms in total. The predicted octanol–water partition coefficient (Wildman–Crippen LogP) is 0.701. The lowest BCUT2D eigenvalue weighted by Gasteiger charge is -2.13. The number of methoxy groups -OCH3 is 4. The van der Waals surface area contributed by atoms with Crippen molar-refractivity contribution in [2.45, 2.75) is 19.8 Å². The van der Waals surface area contributed by atoms with Crippen LogP contribution in [-0.4, -0.2) is 52.3 Å². The monoisotopic (exact) mass is 328 g/mol. The Balaban J connectivity index is 6.53. The zero-order valence-electron chi connectivity index (χ0n) is 13.8. The molecule has 0 aliphatic heterocycles. The van der Waals surface area contributed by atoms with E-state index in [1.54, 1.807) is 6.92 Å². The molecule has 0 N–H and O–H groups in total. The number of carbonyl (C=O) groups is 4. The third kappa shape index (κ3) is 5.57. The van der Waals surface area contributed by atoms with Gasteiger partial charge in [0.15, 0.2) is 0 Å². The van der Waals surface area contributed by atoms with Crippen LogP contribution < -0.4 is 0 Å². The number of carbonyl (C=O) groups excluding carboxylic acids is 4. The highest BCUT2D eigenvalue weighted by Gasteiger charge is 2.30. The minimum absolute atomic E-state index is 0.0950. The van der Waals surface area contributed by atoms with Gasteiger partial charge in [-0.1, -0.05) is 13.3 Å². The van der Waals surface area contributed by atoms with Crippen LogP contribution in [-0.2, 0) is 38.1 Å². The number of ether oxygens (including phenoxy) is 4. The van der Waals surface area contributed by atoms with Gasteiger partial charge >= 0.3 is 23.9 Å². The first-order valence-corrected chi connectivity index (χ1v) is 6.65. The van der Waals surface area contributed by atoms with Crippen LogP contribution in [0.15, 0.2) is 22.8 Å². The molecule has 23 heavy (non-hydrogen) atoms. The van der Waals surface area contributed by atoms with Crippen molar-refractivity contribution in [3.8, 4) is 0 Å². The van der Waals surface area contributed by atoms with Gasteiger partial charge in [-0.3, -0.25) is 0 Å². The van der Waals surface area contributed by atoms with Crippen LogP contribution >= 0.6 is 0 Å². The van der Waals surface area contributed by atoms with Gasteiger partial charge in [-0.15, -0.1) is 0 Å². The van der Waals surface area contributed by atoms with E-state index < -0.39 is 35.0 Å². The minimum Gasteiger partial charge on any atom is -0.466 e. The van der Waals surface area contributed by atoms with Gasteiger partial charge in [0.05, 0.1) is 45.2 Å². The van der Waals surface area contributed by atoms with E-state index in [4.69, 9.17) is 0 Å². The van der Waals surface area contributed by atoms with Crippen molar-refractivity contribution in [2.75, 3.05) is 28.4 Å². The van der Waals surface area contributed by atoms with Crippen molar-refractivity contribution < 1.29 is 38.1 Å². The highest BCUT2D eigenvalue weighted by molar-refractivity contribution is 6.13. The summed E-state index contributed by atoms with van der Waals surface area (Å²) in [7, 11) is 4.38. The first kappa shape index (κ1) is 20.4. The Kier molecular flexibility index (Phi) is 8.98. The molecule has 0 aromatic heterocycles. The van der Waals surface area contributed by atoms with Crippen molar-refractivity contribution in [1.82, 2.24) is 0 Å². The van der Waals surface area contributed by atoms with E-state index in [1.165, 1.54) is 0 Å². The summed E-state index contributed by atoms with van der Waals surface area (Å²) in [4.78, 5) is 47.5. The second kappa shape index (κ2) is 10.1. The van der Waals surface area contributed by atoms with E-state index >= 15 is 0 Å². The Labute approximate surface area is 134 Å². The van der Waals surface area contributed by atoms with Crippen LogP contribution in [0.3, 0.4) is 0 Å². The van der Waals surface area contributed by atoms with Crippen LogP contribution in [0.5, 0.6) is 0 Å². The first-order valence-electron chi connectivity index (χ1n) is 6.65. The molecule has 0 saturated carbocycles. The van der Waals surface area contributed by atoms with Crippen LogP contribution in [0.25, 0.3) is 0 Å². The lowest BCUT2D eigenvalue weighted by Crippen LogP contribution is -2.21. The average molecular weight is 328 g/mol. The molecule has 0 aromatic carbocycles. The van der Waals surface area contributed by atoms with Gasteiger partial charge in [0.25, 0.3) is 0 Å². The topological polar surface area (TPSA) is 105 Å². The molecule has 0 amide bonds. The fraction of sp³-hybridized carbons (Fsp3) is 0.467. The van der Waals surface area contributed by atoms with Crippen molar-refractivity contribution >= 4 is 23.9 Å². The number of hydrogen-bond donors (Lipinski definition) is 0. The van der Waals surface area contributed by atoms with Crippen LogP contribution in [0, 0.1) is 0 Å². The summed E-state index contributed by atoms with van der Waals surface area (Å²) < 4.78 is 18.3. The third-order valence-corrected chi connectivity index (χ3v) is 2.76. The van der Waals surface area contributed by atoms with Gasteiger partial charge in [-0.2, -0.15) is 0 Å². The zero-order valence-corrected chi connectivity index (χ0v) is 13.8. The van der Waals surface area contributed by atoms with Crippen molar-refractivity contribution in [2.24, 2.45) is 0 Å². The average Bonchev–Trinajstić information content (AvgIpc) is 2.57. The van der Waals surface area contributed by atoms with Crippen LogP contribution in [0.4, 0.5) is 0 Å². The molecule has 0 aliphatic carbocycles. The molecular formula is C15H20O8. The number of esters is 4. The number of hydrogen-bond acceptors (Lipinski definition) is 8. The Hall–Kier alpha value is -2.64. The third-order valence-electron chi connectivity index (χ3n) is 2.76. The first-order chi connectivity index (χ1) is 10.9. The molecule has 0 saturated heterocycles. The van der Waals surface area contributed by atoms with Crippen molar-refractivity contribution in [3.05, 3.63) is 22.8 Å². The maximum Gasteiger partial charge on any atom is 0.339 e. The van der Waals surface area contributed by atoms with Crippen LogP contribution in [0.1, 0.15) is 19.8 Å². The van der Waals surface area contributed by atoms with Crippen molar-refractivity contribution in [3.63, 3.8) is 0 Å². The molecule has 0 aliphatic rings. The smallest absolute Gasteiger partial charge is 0.339 e. The summed E-state index contributed by atoms with van der Waals surface area (Å²) in [5, 5.41) is 0. The largest absolute Gasteiger partial charge is 0.466 e. The zero-order chi connectivity index (χ0) is 18.0. The Morgan fingerprint density at radius 1 is 0.783 bits per heavy atom. The summed E-state index contributed by atoms with van der Waals surface area (Å²) in [6.07, 6.45) is 1.38. The predicted molar refractivity (Wildman–Crippen MR) is 78.1 cm³/mol. The van der Waals surface area contributed by atoms with E-state index in [2.05, 4.69) is 18.9 Å². The molecule has 0 fully saturated rings. The second-order valence-electron chi connectivity index (χ2n) is 4.16. The maximum absolute atomic E-state index is 12.1. The fourth-order valence-corrected chi connectivity index (χ4v) is 1.72. The van der Waals surface area contributed by atoms with Gasteiger partial charge in [-0.25, -0.2) is 19.2 Å². The highest BCUT2D eigenvalue weighted by Crippen LogP contribution is 2.23. The molecule has 0 aromatic rings. The second-order valence-corrected chi connectivity index (χ2v) is 4.16. The summed E-state index contributed by atoms with van der Waals surface area (Å²) in [5.41, 5.74) is -0.930. The molecule has 0 heterocycles. The van der Waals surface area contributed by atoms with Gasteiger partial charge in [0.2, 0.25) is 0 Å². The Morgan fingerprint density at radius 2 is 1.30 bits per heavy atom. The molecular weight excluding hydrogens is 308 g/mol. The standard InChI is InChI=1S/C15H20O8/c1-6-7-9(13(17)21-3)12(15(19)23-5)10(14(18)22-4)8-11(16)20-2/h8H,6-7H2,1-5H3/b10-8-,12-9-. The quantitative estimate of drug-likeness (QED) is 0.291. The molecule has 0 radical (unpaired) electrons. The van der Waals surface area contributed by atoms with E-state index in [0.717, 1.165) is 34.5 Å². The van der Waals surface area contributed by atoms with Gasteiger partial charge < -0.3 is 18.9 Å². The number of rotatable bonds is 7. The van der Waals surface area contributed by atoms with Gasteiger partial charge in [-0.05, 0) is 6.42 Å². The lowest BCUT2D eigenvalue weighted by molar-refractivity contribution is -0.141. The van der Waals surface area contributed by atoms with E-state index in [0.29, 0.717) is 6.42 Å². The molecule has 0 bridgehead atoms. The van der Waals surface area contributed by atoms with Crippen molar-refractivity contribution in [1.29, 1.82) is 0 Å². The van der Waals surface area contributed by atoms with Gasteiger partial charge in [0, 0.05) is 6.08 Å². The molecule has 0 rings (SSSR count). The molecule has 0 spiro atoms. The summed E-state index contributed by atoms with van der Waals surface area (Å²) in [6.45, 7) is 1.76. The molecule has 0 unspecified atom stereocenters. The molecule has 0 atom stereocenters. The van der Waals surface area contributed by atoms with Gasteiger partial charge in [0.1, 0.15) is 0 Å². The fourth-order valence-electron chi connectivity index (χ4n) is 1.72. The summed E-state index contributed by atoms with van der Waals surface area (Å²) >= 11 is 0. The summed E-state index contributed by atoms with van der Waals surface area (Å²) in [6, 6.07) is 0. The van der Waals surface area contributed by atoms with E-state index in [1.807, 2.05) is 0 Å². The SMILES string of the molecule is CCC/C(C(=O)OC)=C(C(=O)OC)\C(=C\C(=O)OC)C(=O)OC. The maximum atomic E-state index is 12.1. The van der Waals surface area contributed by atoms with Crippen LogP contribution in [0.2, 0.25) is 0 Å². The highest BCUT2D eigenvalue weighted by atomic mass is 16.5. The lowest BCUT2D eigenvalue weighted by atomic mass is 9.96. The van der Waals surface area contributed by atoms with E-state index in [-0.39, 0.29) is 12.0 Å². The Bertz CT molecular complexity index is 542. The minimum atomic E-state index is -0.992. The summed E-state index contributed by atoms with van der Waals surface area (Å²) in [5.74, 6) is -3.67. The van der Waals surface area contributed by atoms with E-state index in [9.17, 15) is 19.2 Å².